The van der Waals surface area contributed by atoms with Gasteiger partial charge < -0.3 is 5.11 Å². The van der Waals surface area contributed by atoms with Crippen LogP contribution in [-0.2, 0) is 6.42 Å². The summed E-state index contributed by atoms with van der Waals surface area (Å²) in [5, 5.41) is 9.81. The van der Waals surface area contributed by atoms with Gasteiger partial charge in [0.1, 0.15) is 5.75 Å². The van der Waals surface area contributed by atoms with Gasteiger partial charge in [0, 0.05) is 5.56 Å². The summed E-state index contributed by atoms with van der Waals surface area (Å²) in [5.41, 5.74) is 6.58. The Morgan fingerprint density at radius 3 is 2.64 bits per heavy atom. The third kappa shape index (κ3) is 3.41. The van der Waals surface area contributed by atoms with Gasteiger partial charge >= 0.3 is 0 Å². The average Bonchev–Trinajstić information content (AvgIpc) is 3.15. The third-order valence-electron chi connectivity index (χ3n) is 6.26. The number of hydrogen-bond acceptors (Lipinski definition) is 4. The zero-order chi connectivity index (χ0) is 22.5. The lowest BCUT2D eigenvalue weighted by Crippen LogP contribution is -2.38. The number of hydrogen-bond donors (Lipinski definition) is 1. The first-order valence-corrected chi connectivity index (χ1v) is 12.4. The number of allylic oxidation sites excluding steroid dienone is 1. The Labute approximate surface area is 202 Å². The number of halogens is 1. The fourth-order valence-electron chi connectivity index (χ4n) is 4.72. The second-order valence-electron chi connectivity index (χ2n) is 8.24. The van der Waals surface area contributed by atoms with E-state index in [4.69, 9.17) is 4.99 Å². The molecule has 1 aliphatic heterocycles. The van der Waals surface area contributed by atoms with Gasteiger partial charge in [-0.15, -0.1) is 0 Å². The van der Waals surface area contributed by atoms with Crippen LogP contribution in [0.15, 0.2) is 92.6 Å². The highest BCUT2D eigenvalue weighted by Crippen LogP contribution is 2.41. The van der Waals surface area contributed by atoms with Gasteiger partial charge in [0.25, 0.3) is 5.56 Å². The highest BCUT2D eigenvalue weighted by atomic mass is 79.9. The Kier molecular flexibility index (Phi) is 4.93. The fraction of sp³-hybridized carbons (Fsp3) is 0.111. The van der Waals surface area contributed by atoms with Gasteiger partial charge in [-0.25, -0.2) is 4.99 Å². The molecule has 2 heterocycles. The van der Waals surface area contributed by atoms with Crippen molar-refractivity contribution in [2.24, 2.45) is 4.99 Å². The quantitative estimate of drug-likeness (QED) is 0.418. The van der Waals surface area contributed by atoms with Crippen molar-refractivity contribution < 1.29 is 5.11 Å². The van der Waals surface area contributed by atoms with Crippen molar-refractivity contribution in [1.29, 1.82) is 0 Å². The molecule has 0 amide bonds. The molecular formula is C27H19BrN2O2S. The van der Waals surface area contributed by atoms with E-state index in [9.17, 15) is 9.90 Å². The van der Waals surface area contributed by atoms with E-state index in [-0.39, 0.29) is 17.4 Å². The van der Waals surface area contributed by atoms with Crippen LogP contribution in [0.2, 0.25) is 0 Å². The van der Waals surface area contributed by atoms with Crippen molar-refractivity contribution in [1.82, 2.24) is 4.57 Å². The molecule has 162 valence electrons. The zero-order valence-corrected chi connectivity index (χ0v) is 19.9. The molecule has 6 rings (SSSR count). The first kappa shape index (κ1) is 20.4. The van der Waals surface area contributed by atoms with Gasteiger partial charge in [-0.3, -0.25) is 9.36 Å². The molecule has 33 heavy (non-hydrogen) atoms. The molecule has 0 bridgehead atoms. The monoisotopic (exact) mass is 514 g/mol. The number of aromatic nitrogens is 1. The van der Waals surface area contributed by atoms with Crippen LogP contribution in [0.5, 0.6) is 5.75 Å². The summed E-state index contributed by atoms with van der Waals surface area (Å²) in [4.78, 5) is 19.4. The van der Waals surface area contributed by atoms with Crippen molar-refractivity contribution in [2.45, 2.75) is 18.9 Å². The molecule has 3 aromatic carbocycles. The van der Waals surface area contributed by atoms with Crippen molar-refractivity contribution >= 4 is 39.0 Å². The van der Waals surface area contributed by atoms with Gasteiger partial charge in [0.2, 0.25) is 0 Å². The summed E-state index contributed by atoms with van der Waals surface area (Å²) in [6.07, 6.45) is 3.69. The molecule has 1 atom stereocenters. The minimum absolute atomic E-state index is 0.0396. The molecule has 1 aromatic heterocycles. The van der Waals surface area contributed by atoms with Gasteiger partial charge in [0.05, 0.1) is 20.7 Å². The summed E-state index contributed by atoms with van der Waals surface area (Å²) in [5.74, 6) is 0.170. The molecule has 6 heteroatoms. The molecular weight excluding hydrogens is 496 g/mol. The van der Waals surface area contributed by atoms with E-state index in [1.165, 1.54) is 28.0 Å². The minimum Gasteiger partial charge on any atom is -0.507 e. The van der Waals surface area contributed by atoms with E-state index in [1.54, 1.807) is 12.1 Å². The van der Waals surface area contributed by atoms with Crippen LogP contribution in [0, 0.1) is 0 Å². The highest BCUT2D eigenvalue weighted by molar-refractivity contribution is 9.10. The van der Waals surface area contributed by atoms with Gasteiger partial charge in [0.15, 0.2) is 4.80 Å². The minimum atomic E-state index is -0.167. The molecule has 1 aliphatic carbocycles. The van der Waals surface area contributed by atoms with Gasteiger partial charge in [-0.05, 0) is 69.2 Å². The smallest absolute Gasteiger partial charge is 0.271 e. The van der Waals surface area contributed by atoms with Crippen molar-refractivity contribution in [2.75, 3.05) is 0 Å². The Bertz CT molecular complexity index is 1620. The van der Waals surface area contributed by atoms with Crippen LogP contribution in [0.25, 0.3) is 11.8 Å². The maximum atomic E-state index is 13.7. The summed E-state index contributed by atoms with van der Waals surface area (Å²) < 4.78 is 3.08. The fourth-order valence-corrected chi connectivity index (χ4v) is 6.12. The van der Waals surface area contributed by atoms with Gasteiger partial charge in [-0.2, -0.15) is 0 Å². The number of thiazole rings is 1. The van der Waals surface area contributed by atoms with Crippen LogP contribution >= 0.6 is 27.3 Å². The van der Waals surface area contributed by atoms with Crippen molar-refractivity contribution in [3.63, 3.8) is 0 Å². The van der Waals surface area contributed by atoms with E-state index < -0.39 is 0 Å². The van der Waals surface area contributed by atoms with Crippen LogP contribution < -0.4 is 14.9 Å². The maximum Gasteiger partial charge on any atom is 0.271 e. The predicted octanol–water partition coefficient (Wildman–Crippen LogP) is 4.79. The van der Waals surface area contributed by atoms with Crippen molar-refractivity contribution in [3.8, 4) is 5.75 Å². The normalized spacial score (nSPS) is 17.2. The molecule has 0 radical (unpaired) electrons. The molecule has 1 N–H and O–H groups in total. The molecule has 2 aliphatic rings. The molecule has 0 fully saturated rings. The number of aromatic hydroxyl groups is 1. The highest BCUT2D eigenvalue weighted by Gasteiger charge is 2.32. The standard InChI is InChI=1S/C27H19BrN2O2S/c28-21-14-16(10-13-22(21)31)15-23-26(32)30-25(18-7-2-1-3-8-18)20-12-11-17-6-4-5-9-19(17)24(20)29-27(30)33-23/h1-10,13-15,25,31H,11-12H2/b23-15-/t25-/m0/s1. The molecule has 4 nitrogen and oxygen atoms in total. The SMILES string of the molecule is O=c1/c(=C/c2ccc(O)c(Br)c2)sc2n1[C@@H](c1ccccc1)C1=C(N=2)c2ccccc2CC1. The van der Waals surface area contributed by atoms with E-state index >= 15 is 0 Å². The van der Waals surface area contributed by atoms with E-state index in [1.807, 2.05) is 34.9 Å². The maximum absolute atomic E-state index is 13.7. The molecule has 0 saturated carbocycles. The summed E-state index contributed by atoms with van der Waals surface area (Å²) in [7, 11) is 0. The first-order chi connectivity index (χ1) is 16.1. The Balaban J connectivity index is 1.62. The Morgan fingerprint density at radius 1 is 1.03 bits per heavy atom. The van der Waals surface area contributed by atoms with E-state index in [0.29, 0.717) is 13.8 Å². The Morgan fingerprint density at radius 2 is 1.82 bits per heavy atom. The summed E-state index contributed by atoms with van der Waals surface area (Å²) in [6, 6.07) is 23.7. The largest absolute Gasteiger partial charge is 0.507 e. The second kappa shape index (κ2) is 7.97. The van der Waals surface area contributed by atoms with Crippen LogP contribution in [-0.4, -0.2) is 9.67 Å². The summed E-state index contributed by atoms with van der Waals surface area (Å²) >= 11 is 4.77. The summed E-state index contributed by atoms with van der Waals surface area (Å²) in [6.45, 7) is 0. The average molecular weight is 515 g/mol. The zero-order valence-electron chi connectivity index (χ0n) is 17.5. The number of phenols is 1. The molecule has 0 unspecified atom stereocenters. The predicted molar refractivity (Wildman–Crippen MR) is 135 cm³/mol. The van der Waals surface area contributed by atoms with Crippen LogP contribution in [0.4, 0.5) is 0 Å². The van der Waals surface area contributed by atoms with Crippen LogP contribution in [0.3, 0.4) is 0 Å². The van der Waals surface area contributed by atoms with E-state index in [2.05, 4.69) is 52.3 Å². The topological polar surface area (TPSA) is 54.6 Å². The number of aryl methyl sites for hydroxylation is 1. The first-order valence-electron chi connectivity index (χ1n) is 10.8. The number of phenolic OH excluding ortho intramolecular Hbond substituents is 1. The Hall–Kier alpha value is -3.22. The second-order valence-corrected chi connectivity index (χ2v) is 10.1. The molecule has 4 aromatic rings. The number of benzene rings is 3. The van der Waals surface area contributed by atoms with Crippen molar-refractivity contribution in [3.05, 3.63) is 125 Å². The van der Waals surface area contributed by atoms with Crippen LogP contribution in [0.1, 0.15) is 34.7 Å². The number of nitrogens with zero attached hydrogens (tertiary/aromatic N) is 2. The molecule has 0 saturated heterocycles. The number of fused-ring (bicyclic) bond motifs is 3. The lowest BCUT2D eigenvalue weighted by atomic mass is 9.83. The lowest BCUT2D eigenvalue weighted by molar-refractivity contribution is 0.472. The van der Waals surface area contributed by atoms with E-state index in [0.717, 1.165) is 29.7 Å². The molecule has 0 spiro atoms. The third-order valence-corrected chi connectivity index (χ3v) is 7.88. The number of rotatable bonds is 2. The van der Waals surface area contributed by atoms with Gasteiger partial charge in [-0.1, -0.05) is 72.0 Å². The lowest BCUT2D eigenvalue weighted by Gasteiger charge is -2.30.